The molecule has 0 aliphatic carbocycles. The molecule has 2 aromatic rings. The third-order valence-electron chi connectivity index (χ3n) is 2.95. The number of anilines is 1. The molecule has 2 N–H and O–H groups in total. The second-order valence-electron chi connectivity index (χ2n) is 4.29. The largest absolute Gasteiger partial charge is 0.372 e. The molecule has 2 heterocycles. The van der Waals surface area contributed by atoms with Gasteiger partial charge in [-0.25, -0.2) is 4.98 Å². The van der Waals surface area contributed by atoms with Crippen LogP contribution < -0.4 is 10.6 Å². The Kier molecular flexibility index (Phi) is 4.24. The highest BCUT2D eigenvalue weighted by Crippen LogP contribution is 2.19. The summed E-state index contributed by atoms with van der Waals surface area (Å²) in [6.45, 7) is 3.99. The number of nitrogens with one attached hydrogen (secondary N) is 2. The fourth-order valence-corrected chi connectivity index (χ4v) is 2.03. The molecule has 0 spiro atoms. The van der Waals surface area contributed by atoms with Gasteiger partial charge in [0.1, 0.15) is 11.6 Å². The molecule has 1 amide bonds. The molecule has 20 heavy (non-hydrogen) atoms. The monoisotopic (exact) mass is 294 g/mol. The molecule has 0 radical (unpaired) electrons. The smallest absolute Gasteiger partial charge is 0.253 e. The molecule has 0 saturated carbocycles. The molecular weight excluding hydrogens is 280 g/mol. The van der Waals surface area contributed by atoms with Crippen LogP contribution in [0.25, 0.3) is 0 Å². The van der Waals surface area contributed by atoms with Gasteiger partial charge in [-0.15, -0.1) is 0 Å². The third-order valence-corrected chi connectivity index (χ3v) is 3.24. The minimum atomic E-state index is -0.248. The van der Waals surface area contributed by atoms with Gasteiger partial charge in [0.2, 0.25) is 0 Å². The van der Waals surface area contributed by atoms with E-state index < -0.39 is 0 Å². The van der Waals surface area contributed by atoms with Crippen LogP contribution in [0.2, 0.25) is 5.02 Å². The molecule has 2 rings (SSSR count). The van der Waals surface area contributed by atoms with Crippen LogP contribution in [0, 0.1) is 13.8 Å². The summed E-state index contributed by atoms with van der Waals surface area (Å²) in [6.07, 6.45) is 1.47. The van der Waals surface area contributed by atoms with Crippen LogP contribution in [-0.2, 0) is 6.54 Å². The number of rotatable bonds is 4. The lowest BCUT2D eigenvalue weighted by atomic mass is 10.2. The predicted octanol–water partition coefficient (Wildman–Crippen LogP) is 2.31. The number of amides is 1. The number of carbonyl (C=O) groups excluding carboxylic acids is 1. The van der Waals surface area contributed by atoms with Crippen molar-refractivity contribution >= 4 is 23.3 Å². The van der Waals surface area contributed by atoms with Gasteiger partial charge in [-0.2, -0.15) is 0 Å². The van der Waals surface area contributed by atoms with Gasteiger partial charge in [-0.05, 0) is 19.9 Å². The SMILES string of the molecule is CNc1ncc(C(=O)NCc2c(C)noc2C)cc1Cl. The summed E-state index contributed by atoms with van der Waals surface area (Å²) < 4.78 is 5.04. The molecule has 0 fully saturated rings. The molecule has 0 aliphatic heterocycles. The van der Waals surface area contributed by atoms with E-state index in [0.717, 1.165) is 11.3 Å². The Hall–Kier alpha value is -2.08. The number of hydrogen-bond donors (Lipinski definition) is 2. The van der Waals surface area contributed by atoms with Gasteiger partial charge in [0.25, 0.3) is 5.91 Å². The second-order valence-corrected chi connectivity index (χ2v) is 4.70. The maximum absolute atomic E-state index is 12.0. The zero-order chi connectivity index (χ0) is 14.7. The standard InChI is InChI=1S/C13H15ClN4O2/c1-7-10(8(2)20-18-7)6-17-13(19)9-4-11(14)12(15-3)16-5-9/h4-5H,6H2,1-3H3,(H,15,16)(H,17,19). The fourth-order valence-electron chi connectivity index (χ4n) is 1.77. The van der Waals surface area contributed by atoms with Crippen LogP contribution in [0.5, 0.6) is 0 Å². The van der Waals surface area contributed by atoms with Crippen molar-refractivity contribution in [1.82, 2.24) is 15.5 Å². The van der Waals surface area contributed by atoms with Crippen molar-refractivity contribution in [2.24, 2.45) is 0 Å². The average Bonchev–Trinajstić information content (AvgIpc) is 2.75. The number of halogens is 1. The zero-order valence-electron chi connectivity index (χ0n) is 11.5. The summed E-state index contributed by atoms with van der Waals surface area (Å²) in [5.74, 6) is 0.987. The molecule has 0 bridgehead atoms. The topological polar surface area (TPSA) is 80.0 Å². The summed E-state index contributed by atoms with van der Waals surface area (Å²) in [6, 6.07) is 1.57. The maximum Gasteiger partial charge on any atom is 0.253 e. The van der Waals surface area contributed by atoms with Crippen LogP contribution >= 0.6 is 11.6 Å². The third kappa shape index (κ3) is 2.91. The summed E-state index contributed by atoms with van der Waals surface area (Å²) in [5.41, 5.74) is 2.05. The first-order valence-corrected chi connectivity index (χ1v) is 6.44. The molecule has 6 nitrogen and oxygen atoms in total. The molecule has 0 atom stereocenters. The summed E-state index contributed by atoms with van der Waals surface area (Å²) in [7, 11) is 1.71. The Morgan fingerprint density at radius 2 is 2.20 bits per heavy atom. The van der Waals surface area contributed by atoms with E-state index >= 15 is 0 Å². The van der Waals surface area contributed by atoms with Gasteiger partial charge < -0.3 is 15.2 Å². The van der Waals surface area contributed by atoms with Gasteiger partial charge in [-0.1, -0.05) is 16.8 Å². The Bertz CT molecular complexity index is 620. The molecule has 0 saturated heterocycles. The first-order chi connectivity index (χ1) is 9.52. The lowest BCUT2D eigenvalue weighted by Crippen LogP contribution is -2.23. The molecule has 106 valence electrons. The number of aromatic nitrogens is 2. The number of carbonyl (C=O) groups is 1. The van der Waals surface area contributed by atoms with Crippen molar-refractivity contribution in [3.05, 3.63) is 39.9 Å². The number of aryl methyl sites for hydroxylation is 2. The molecule has 0 aliphatic rings. The number of hydrogen-bond acceptors (Lipinski definition) is 5. The molecular formula is C13H15ClN4O2. The summed E-state index contributed by atoms with van der Waals surface area (Å²) in [4.78, 5) is 16.1. The van der Waals surface area contributed by atoms with E-state index in [4.69, 9.17) is 16.1 Å². The number of pyridine rings is 1. The van der Waals surface area contributed by atoms with E-state index in [0.29, 0.717) is 28.7 Å². The highest BCUT2D eigenvalue weighted by Gasteiger charge is 2.13. The average molecular weight is 295 g/mol. The van der Waals surface area contributed by atoms with E-state index in [-0.39, 0.29) is 5.91 Å². The van der Waals surface area contributed by atoms with E-state index in [1.54, 1.807) is 13.1 Å². The highest BCUT2D eigenvalue weighted by atomic mass is 35.5. The second kappa shape index (κ2) is 5.92. The first-order valence-electron chi connectivity index (χ1n) is 6.06. The minimum absolute atomic E-state index is 0.248. The van der Waals surface area contributed by atoms with Gasteiger partial charge in [0.15, 0.2) is 0 Å². The Balaban J connectivity index is 2.07. The van der Waals surface area contributed by atoms with E-state index in [2.05, 4.69) is 20.8 Å². The highest BCUT2D eigenvalue weighted by molar-refractivity contribution is 6.33. The Morgan fingerprint density at radius 1 is 1.45 bits per heavy atom. The van der Waals surface area contributed by atoms with Crippen molar-refractivity contribution < 1.29 is 9.32 Å². The van der Waals surface area contributed by atoms with Crippen LogP contribution in [0.15, 0.2) is 16.8 Å². The van der Waals surface area contributed by atoms with Crippen molar-refractivity contribution in [3.63, 3.8) is 0 Å². The van der Waals surface area contributed by atoms with Gasteiger partial charge in [0.05, 0.1) is 16.3 Å². The van der Waals surface area contributed by atoms with Crippen LogP contribution in [0.4, 0.5) is 5.82 Å². The van der Waals surface area contributed by atoms with E-state index in [1.165, 1.54) is 6.20 Å². The molecule has 0 unspecified atom stereocenters. The Morgan fingerprint density at radius 3 is 2.75 bits per heavy atom. The minimum Gasteiger partial charge on any atom is -0.372 e. The summed E-state index contributed by atoms with van der Waals surface area (Å²) >= 11 is 5.99. The van der Waals surface area contributed by atoms with E-state index in [1.807, 2.05) is 13.8 Å². The van der Waals surface area contributed by atoms with Crippen molar-refractivity contribution in [2.75, 3.05) is 12.4 Å². The predicted molar refractivity (Wildman–Crippen MR) is 75.9 cm³/mol. The molecule has 7 heteroatoms. The quantitative estimate of drug-likeness (QED) is 0.904. The zero-order valence-corrected chi connectivity index (χ0v) is 12.2. The maximum atomic E-state index is 12.0. The normalized spacial score (nSPS) is 10.4. The van der Waals surface area contributed by atoms with Crippen molar-refractivity contribution in [1.29, 1.82) is 0 Å². The fraction of sp³-hybridized carbons (Fsp3) is 0.308. The number of nitrogens with zero attached hydrogens (tertiary/aromatic N) is 2. The summed E-state index contributed by atoms with van der Waals surface area (Å²) in [5, 5.41) is 9.86. The van der Waals surface area contributed by atoms with E-state index in [9.17, 15) is 4.79 Å². The van der Waals surface area contributed by atoms with Gasteiger partial charge in [-0.3, -0.25) is 4.79 Å². The van der Waals surface area contributed by atoms with Crippen molar-refractivity contribution in [2.45, 2.75) is 20.4 Å². The van der Waals surface area contributed by atoms with Gasteiger partial charge in [0, 0.05) is 25.4 Å². The molecule has 2 aromatic heterocycles. The Labute approximate surface area is 121 Å². The lowest BCUT2D eigenvalue weighted by molar-refractivity contribution is 0.0950. The van der Waals surface area contributed by atoms with Crippen LogP contribution in [-0.4, -0.2) is 23.1 Å². The molecule has 0 aromatic carbocycles. The van der Waals surface area contributed by atoms with Crippen molar-refractivity contribution in [3.8, 4) is 0 Å². The van der Waals surface area contributed by atoms with Crippen LogP contribution in [0.3, 0.4) is 0 Å². The van der Waals surface area contributed by atoms with Crippen LogP contribution in [0.1, 0.15) is 27.4 Å². The first kappa shape index (κ1) is 14.3. The van der Waals surface area contributed by atoms with Gasteiger partial charge >= 0.3 is 0 Å². The lowest BCUT2D eigenvalue weighted by Gasteiger charge is -2.07.